The van der Waals surface area contributed by atoms with E-state index >= 15 is 0 Å². The summed E-state index contributed by atoms with van der Waals surface area (Å²) in [4.78, 5) is 21.9. The highest BCUT2D eigenvalue weighted by Gasteiger charge is 2.44. The lowest BCUT2D eigenvalue weighted by molar-refractivity contribution is -0.0400. The Morgan fingerprint density at radius 1 is 1.22 bits per heavy atom. The molecule has 10 nitrogen and oxygen atoms in total. The molecular formula is C13H12N4O6. The number of nitrogens with zero attached hydrogens (tertiary/aromatic N) is 4. The van der Waals surface area contributed by atoms with Gasteiger partial charge in [0.2, 0.25) is 5.60 Å². The number of ether oxygens (including phenoxy) is 3. The van der Waals surface area contributed by atoms with E-state index in [2.05, 4.69) is 9.47 Å². The molecule has 3 atom stereocenters. The molecule has 0 aromatic rings. The van der Waals surface area contributed by atoms with Crippen molar-refractivity contribution in [2.24, 2.45) is 5.92 Å². The number of carboxylic acid groups (broad SMARTS) is 1. The van der Waals surface area contributed by atoms with E-state index in [0.717, 1.165) is 0 Å². The second-order valence-corrected chi connectivity index (χ2v) is 4.24. The zero-order valence-electron chi connectivity index (χ0n) is 12.1. The van der Waals surface area contributed by atoms with Crippen LogP contribution in [0.15, 0.2) is 0 Å². The highest BCUT2D eigenvalue weighted by Crippen LogP contribution is 2.28. The molecule has 0 aromatic heterocycles. The highest BCUT2D eigenvalue weighted by molar-refractivity contribution is 5.61. The van der Waals surface area contributed by atoms with Crippen molar-refractivity contribution < 1.29 is 28.9 Å². The molecule has 0 aliphatic carbocycles. The van der Waals surface area contributed by atoms with Crippen molar-refractivity contribution in [2.45, 2.75) is 31.5 Å². The third-order valence-corrected chi connectivity index (χ3v) is 2.55. The standard InChI is InChI=1S/C13H12N4O6/c1-9(22-11(18)19)7-21-12(20)23-13(8-17,3-5-15)10(6-16)2-4-14/h9-10H,2-3,7H2,1H3,(H,18,19). The Morgan fingerprint density at radius 3 is 2.30 bits per heavy atom. The topological polar surface area (TPSA) is 177 Å². The summed E-state index contributed by atoms with van der Waals surface area (Å²) in [5.41, 5.74) is -2.16. The first-order valence-corrected chi connectivity index (χ1v) is 6.15. The molecule has 10 heteroatoms. The first kappa shape index (κ1) is 19.5. The van der Waals surface area contributed by atoms with Gasteiger partial charge in [0, 0.05) is 0 Å². The number of carbonyl (C=O) groups excluding carboxylic acids is 1. The summed E-state index contributed by atoms with van der Waals surface area (Å²) < 4.78 is 13.6. The fourth-order valence-corrected chi connectivity index (χ4v) is 1.46. The molecule has 0 fully saturated rings. The molecule has 23 heavy (non-hydrogen) atoms. The molecule has 0 saturated heterocycles. The third kappa shape index (κ3) is 6.20. The minimum Gasteiger partial charge on any atom is -0.450 e. The monoisotopic (exact) mass is 320 g/mol. The van der Waals surface area contributed by atoms with Gasteiger partial charge in [-0.1, -0.05) is 0 Å². The number of rotatable bonds is 7. The normalized spacial score (nSPS) is 14.3. The Hall–Kier alpha value is -3.50. The molecule has 120 valence electrons. The second kappa shape index (κ2) is 9.44. The van der Waals surface area contributed by atoms with Crippen LogP contribution in [0.4, 0.5) is 9.59 Å². The molecule has 0 radical (unpaired) electrons. The molecule has 0 aliphatic heterocycles. The molecular weight excluding hydrogens is 308 g/mol. The Balaban J connectivity index is 4.99. The van der Waals surface area contributed by atoms with Crippen LogP contribution in [0.3, 0.4) is 0 Å². The van der Waals surface area contributed by atoms with Gasteiger partial charge in [0.25, 0.3) is 0 Å². The van der Waals surface area contributed by atoms with Gasteiger partial charge >= 0.3 is 12.3 Å². The fourth-order valence-electron chi connectivity index (χ4n) is 1.46. The van der Waals surface area contributed by atoms with Crippen LogP contribution in [0, 0.1) is 51.2 Å². The summed E-state index contributed by atoms with van der Waals surface area (Å²) in [7, 11) is 0. The Kier molecular flexibility index (Phi) is 8.00. The summed E-state index contributed by atoms with van der Waals surface area (Å²) in [6.07, 6.45) is -5.01. The summed E-state index contributed by atoms with van der Waals surface area (Å²) in [6.45, 7) is 0.816. The van der Waals surface area contributed by atoms with Crippen molar-refractivity contribution in [3.8, 4) is 24.3 Å². The lowest BCUT2D eigenvalue weighted by atomic mass is 9.85. The van der Waals surface area contributed by atoms with E-state index in [4.69, 9.17) is 25.6 Å². The van der Waals surface area contributed by atoms with Crippen molar-refractivity contribution in [1.82, 2.24) is 0 Å². The zero-order valence-corrected chi connectivity index (χ0v) is 12.1. The maximum absolute atomic E-state index is 11.6. The van der Waals surface area contributed by atoms with Crippen LogP contribution in [0.1, 0.15) is 19.8 Å². The fraction of sp³-hybridized carbons (Fsp3) is 0.538. The minimum atomic E-state index is -2.16. The van der Waals surface area contributed by atoms with Crippen molar-refractivity contribution in [3.63, 3.8) is 0 Å². The van der Waals surface area contributed by atoms with Crippen LogP contribution in [0.5, 0.6) is 0 Å². The van der Waals surface area contributed by atoms with Crippen molar-refractivity contribution in [2.75, 3.05) is 6.61 Å². The number of nitriles is 4. The van der Waals surface area contributed by atoms with E-state index in [0.29, 0.717) is 0 Å². The van der Waals surface area contributed by atoms with Crippen LogP contribution in [-0.4, -0.2) is 35.7 Å². The SMILES string of the molecule is CC(COC(=O)OC(C#N)(CC#N)C(C#N)CC#N)OC(=O)O. The van der Waals surface area contributed by atoms with E-state index in [1.165, 1.54) is 6.92 Å². The van der Waals surface area contributed by atoms with Crippen molar-refractivity contribution in [1.29, 1.82) is 21.0 Å². The van der Waals surface area contributed by atoms with Crippen LogP contribution < -0.4 is 0 Å². The molecule has 0 rings (SSSR count). The van der Waals surface area contributed by atoms with Crippen LogP contribution >= 0.6 is 0 Å². The highest BCUT2D eigenvalue weighted by atomic mass is 16.7. The lowest BCUT2D eigenvalue weighted by Gasteiger charge is -2.26. The first-order chi connectivity index (χ1) is 10.8. The van der Waals surface area contributed by atoms with Gasteiger partial charge in [-0.2, -0.15) is 21.0 Å². The quantitative estimate of drug-likeness (QED) is 0.675. The average molecular weight is 320 g/mol. The minimum absolute atomic E-state index is 0.433. The molecule has 0 aromatic carbocycles. The lowest BCUT2D eigenvalue weighted by Crippen LogP contribution is -2.41. The van der Waals surface area contributed by atoms with E-state index in [9.17, 15) is 14.9 Å². The molecule has 0 heterocycles. The third-order valence-electron chi connectivity index (χ3n) is 2.55. The predicted molar refractivity (Wildman–Crippen MR) is 68.9 cm³/mol. The number of hydrogen-bond acceptors (Lipinski definition) is 9. The summed E-state index contributed by atoms with van der Waals surface area (Å²) in [5, 5.41) is 44.0. The summed E-state index contributed by atoms with van der Waals surface area (Å²) in [6, 6.07) is 6.48. The average Bonchev–Trinajstić information content (AvgIpc) is 2.49. The number of hydrogen-bond donors (Lipinski definition) is 1. The molecule has 0 aliphatic rings. The van der Waals surface area contributed by atoms with Gasteiger partial charge in [-0.05, 0) is 6.92 Å². The van der Waals surface area contributed by atoms with Gasteiger partial charge in [-0.15, -0.1) is 0 Å². The zero-order chi connectivity index (χ0) is 17.9. The molecule has 0 bridgehead atoms. The summed E-state index contributed by atoms with van der Waals surface area (Å²) >= 11 is 0. The molecule has 0 spiro atoms. The van der Waals surface area contributed by atoms with E-state index < -0.39 is 49.4 Å². The largest absolute Gasteiger partial charge is 0.510 e. The number of carbonyl (C=O) groups is 2. The predicted octanol–water partition coefficient (Wildman–Crippen LogP) is 1.45. The van der Waals surface area contributed by atoms with E-state index in [1.807, 2.05) is 0 Å². The van der Waals surface area contributed by atoms with Crippen LogP contribution in [-0.2, 0) is 14.2 Å². The van der Waals surface area contributed by atoms with E-state index in [1.54, 1.807) is 24.3 Å². The van der Waals surface area contributed by atoms with Crippen molar-refractivity contribution >= 4 is 12.3 Å². The van der Waals surface area contributed by atoms with Gasteiger partial charge in [0.1, 0.15) is 24.7 Å². The second-order valence-electron chi connectivity index (χ2n) is 4.24. The molecule has 1 N–H and O–H groups in total. The Morgan fingerprint density at radius 2 is 1.87 bits per heavy atom. The van der Waals surface area contributed by atoms with Crippen LogP contribution in [0.25, 0.3) is 0 Å². The molecule has 0 saturated carbocycles. The maximum Gasteiger partial charge on any atom is 0.510 e. The van der Waals surface area contributed by atoms with Gasteiger partial charge < -0.3 is 19.3 Å². The van der Waals surface area contributed by atoms with Gasteiger partial charge in [0.15, 0.2) is 0 Å². The van der Waals surface area contributed by atoms with Gasteiger partial charge in [0.05, 0.1) is 31.0 Å². The van der Waals surface area contributed by atoms with Gasteiger partial charge in [-0.3, -0.25) is 0 Å². The van der Waals surface area contributed by atoms with Crippen LogP contribution in [0.2, 0.25) is 0 Å². The van der Waals surface area contributed by atoms with Crippen molar-refractivity contribution in [3.05, 3.63) is 0 Å². The molecule has 0 amide bonds. The molecule has 3 unspecified atom stereocenters. The summed E-state index contributed by atoms with van der Waals surface area (Å²) in [5.74, 6) is -1.35. The van der Waals surface area contributed by atoms with E-state index in [-0.39, 0.29) is 0 Å². The maximum atomic E-state index is 11.6. The van der Waals surface area contributed by atoms with Gasteiger partial charge in [-0.25, -0.2) is 9.59 Å². The Bertz CT molecular complexity index is 608. The first-order valence-electron chi connectivity index (χ1n) is 6.15. The Labute approximate surface area is 131 Å². The smallest absolute Gasteiger partial charge is 0.450 e.